The van der Waals surface area contributed by atoms with Crippen LogP contribution in [0.25, 0.3) is 22.8 Å². The minimum atomic E-state index is -0.418. The van der Waals surface area contributed by atoms with Gasteiger partial charge in [-0.3, -0.25) is 10.1 Å². The Labute approximate surface area is 159 Å². The first-order valence-corrected chi connectivity index (χ1v) is 8.52. The number of nitro benzene ring substituents is 1. The number of hydrogen-bond donors (Lipinski definition) is 0. The predicted molar refractivity (Wildman–Crippen MR) is 105 cm³/mol. The highest BCUT2D eigenvalue weighted by molar-refractivity contribution is 6.30. The normalized spacial score (nSPS) is 11.7. The van der Waals surface area contributed by atoms with Gasteiger partial charge in [0.15, 0.2) is 0 Å². The molecule has 0 atom stereocenters. The molecule has 0 saturated carbocycles. The van der Waals surface area contributed by atoms with E-state index in [1.807, 2.05) is 42.5 Å². The topological polar surface area (TPSA) is 73.8 Å². The van der Waals surface area contributed by atoms with Crippen LogP contribution in [0.2, 0.25) is 5.02 Å². The molecule has 4 rings (SSSR count). The molecule has 1 heterocycles. The third kappa shape index (κ3) is 3.43. The van der Waals surface area contributed by atoms with Crippen LogP contribution in [0.1, 0.15) is 11.1 Å². The molecule has 0 unspecified atom stereocenters. The molecule has 6 nitrogen and oxygen atoms in total. The van der Waals surface area contributed by atoms with Gasteiger partial charge < -0.3 is 0 Å². The van der Waals surface area contributed by atoms with E-state index in [4.69, 9.17) is 11.6 Å². The molecule has 0 aliphatic carbocycles. The number of para-hydroxylation sites is 1. The van der Waals surface area contributed by atoms with Crippen LogP contribution in [0.3, 0.4) is 0 Å². The van der Waals surface area contributed by atoms with Crippen molar-refractivity contribution >= 4 is 40.1 Å². The fraction of sp³-hybridized carbons (Fsp3) is 0. The van der Waals surface area contributed by atoms with E-state index in [9.17, 15) is 10.1 Å². The zero-order valence-corrected chi connectivity index (χ0v) is 14.7. The number of non-ortho nitro benzene ring substituents is 1. The molecule has 0 spiro atoms. The van der Waals surface area contributed by atoms with Crippen molar-refractivity contribution in [1.29, 1.82) is 0 Å². The molecule has 0 amide bonds. The summed E-state index contributed by atoms with van der Waals surface area (Å²) in [7, 11) is 0. The van der Waals surface area contributed by atoms with E-state index in [-0.39, 0.29) is 5.69 Å². The summed E-state index contributed by atoms with van der Waals surface area (Å²) in [6.45, 7) is 0. The predicted octanol–water partition coefficient (Wildman–Crippen LogP) is 5.04. The van der Waals surface area contributed by atoms with E-state index >= 15 is 0 Å². The Bertz CT molecular complexity index is 1150. The molecule has 27 heavy (non-hydrogen) atoms. The molecule has 3 aromatic carbocycles. The van der Waals surface area contributed by atoms with Gasteiger partial charge in [-0.25, -0.2) is 4.68 Å². The molecular formula is C20H13ClN4O2. The third-order valence-corrected chi connectivity index (χ3v) is 4.38. The molecule has 0 bridgehead atoms. The lowest BCUT2D eigenvalue weighted by Gasteiger charge is -2.09. The number of halogens is 1. The van der Waals surface area contributed by atoms with Gasteiger partial charge in [-0.1, -0.05) is 41.1 Å². The SMILES string of the molecule is O=[N+]([O-])c1ccc(/C=C(/c2ccc(Cl)cc2)n2nnc3ccccc32)cc1. The van der Waals surface area contributed by atoms with Crippen molar-refractivity contribution in [3.05, 3.63) is 99.1 Å². The lowest BCUT2D eigenvalue weighted by Crippen LogP contribution is -2.01. The Kier molecular flexibility index (Phi) is 4.40. The molecule has 0 N–H and O–H groups in total. The van der Waals surface area contributed by atoms with Gasteiger partial charge >= 0.3 is 0 Å². The Balaban J connectivity index is 1.88. The van der Waals surface area contributed by atoms with Gasteiger partial charge in [-0.15, -0.1) is 5.10 Å². The molecule has 7 heteroatoms. The number of rotatable bonds is 4. The first-order valence-electron chi connectivity index (χ1n) is 8.15. The maximum atomic E-state index is 10.9. The molecule has 0 aliphatic heterocycles. The highest BCUT2D eigenvalue weighted by Crippen LogP contribution is 2.25. The summed E-state index contributed by atoms with van der Waals surface area (Å²) in [5.74, 6) is 0. The third-order valence-electron chi connectivity index (χ3n) is 4.13. The van der Waals surface area contributed by atoms with Crippen LogP contribution in [-0.4, -0.2) is 19.9 Å². The van der Waals surface area contributed by atoms with Gasteiger partial charge in [0.25, 0.3) is 5.69 Å². The van der Waals surface area contributed by atoms with Crippen molar-refractivity contribution in [3.63, 3.8) is 0 Å². The van der Waals surface area contributed by atoms with Crippen LogP contribution >= 0.6 is 11.6 Å². The summed E-state index contributed by atoms with van der Waals surface area (Å²) in [6, 6.07) is 21.4. The highest BCUT2D eigenvalue weighted by Gasteiger charge is 2.12. The number of nitrogens with zero attached hydrogens (tertiary/aromatic N) is 4. The quantitative estimate of drug-likeness (QED) is 0.284. The van der Waals surface area contributed by atoms with Gasteiger partial charge in [0.1, 0.15) is 5.52 Å². The molecular weight excluding hydrogens is 364 g/mol. The summed E-state index contributed by atoms with van der Waals surface area (Å²) in [4.78, 5) is 10.5. The standard InChI is InChI=1S/C20H13ClN4O2/c21-16-9-7-15(8-10-16)20(13-14-5-11-17(12-6-14)25(26)27)24-19-4-2-1-3-18(19)22-23-24/h1-13H/b20-13-. The van der Waals surface area contributed by atoms with Crippen LogP contribution in [-0.2, 0) is 0 Å². The van der Waals surface area contributed by atoms with Crippen molar-refractivity contribution in [1.82, 2.24) is 15.0 Å². The lowest BCUT2D eigenvalue weighted by atomic mass is 10.1. The zero-order valence-electron chi connectivity index (χ0n) is 14.0. The van der Waals surface area contributed by atoms with E-state index in [1.54, 1.807) is 28.9 Å². The van der Waals surface area contributed by atoms with Gasteiger partial charge in [0.2, 0.25) is 0 Å². The van der Waals surface area contributed by atoms with E-state index in [2.05, 4.69) is 10.3 Å². The van der Waals surface area contributed by atoms with E-state index in [0.717, 1.165) is 27.9 Å². The summed E-state index contributed by atoms with van der Waals surface area (Å²) in [5.41, 5.74) is 4.18. The number of benzene rings is 3. The molecule has 0 fully saturated rings. The maximum absolute atomic E-state index is 10.9. The Morgan fingerprint density at radius 2 is 1.70 bits per heavy atom. The van der Waals surface area contributed by atoms with Gasteiger partial charge in [-0.2, -0.15) is 0 Å². The molecule has 4 aromatic rings. The van der Waals surface area contributed by atoms with Crippen LogP contribution in [0.15, 0.2) is 72.8 Å². The van der Waals surface area contributed by atoms with Crippen LogP contribution < -0.4 is 0 Å². The van der Waals surface area contributed by atoms with Gasteiger partial charge in [0, 0.05) is 22.7 Å². The fourth-order valence-electron chi connectivity index (χ4n) is 2.78. The average Bonchev–Trinajstić information content (AvgIpc) is 3.11. The van der Waals surface area contributed by atoms with Gasteiger partial charge in [-0.05, 0) is 48.0 Å². The van der Waals surface area contributed by atoms with Crippen molar-refractivity contribution < 1.29 is 4.92 Å². The van der Waals surface area contributed by atoms with E-state index in [0.29, 0.717) is 5.02 Å². The molecule has 0 aliphatic rings. The lowest BCUT2D eigenvalue weighted by molar-refractivity contribution is -0.384. The summed E-state index contributed by atoms with van der Waals surface area (Å²) < 4.78 is 1.75. The van der Waals surface area contributed by atoms with Crippen LogP contribution in [0, 0.1) is 10.1 Å². The second kappa shape index (κ2) is 7.01. The molecule has 132 valence electrons. The zero-order chi connectivity index (χ0) is 18.8. The number of nitro groups is 1. The maximum Gasteiger partial charge on any atom is 0.269 e. The highest BCUT2D eigenvalue weighted by atomic mass is 35.5. The molecule has 1 aromatic heterocycles. The number of hydrogen-bond acceptors (Lipinski definition) is 4. The second-order valence-corrected chi connectivity index (χ2v) is 6.31. The Morgan fingerprint density at radius 3 is 2.41 bits per heavy atom. The molecule has 0 radical (unpaired) electrons. The Hall–Kier alpha value is -3.51. The van der Waals surface area contributed by atoms with Gasteiger partial charge in [0.05, 0.1) is 16.1 Å². The van der Waals surface area contributed by atoms with Crippen molar-refractivity contribution in [2.24, 2.45) is 0 Å². The van der Waals surface area contributed by atoms with Crippen molar-refractivity contribution in [2.75, 3.05) is 0 Å². The smallest absolute Gasteiger partial charge is 0.258 e. The van der Waals surface area contributed by atoms with E-state index in [1.165, 1.54) is 12.1 Å². The van der Waals surface area contributed by atoms with Crippen LogP contribution in [0.5, 0.6) is 0 Å². The summed E-state index contributed by atoms with van der Waals surface area (Å²) >= 11 is 6.03. The monoisotopic (exact) mass is 376 g/mol. The van der Waals surface area contributed by atoms with Crippen LogP contribution in [0.4, 0.5) is 5.69 Å². The summed E-state index contributed by atoms with van der Waals surface area (Å²) in [5, 5.41) is 20.0. The fourth-order valence-corrected chi connectivity index (χ4v) is 2.91. The van der Waals surface area contributed by atoms with Crippen molar-refractivity contribution in [2.45, 2.75) is 0 Å². The minimum absolute atomic E-state index is 0.0476. The minimum Gasteiger partial charge on any atom is -0.258 e. The van der Waals surface area contributed by atoms with Crippen molar-refractivity contribution in [3.8, 4) is 0 Å². The average molecular weight is 377 g/mol. The summed E-state index contributed by atoms with van der Waals surface area (Å²) in [6.07, 6.45) is 1.91. The first kappa shape index (κ1) is 16.9. The van der Waals surface area contributed by atoms with E-state index < -0.39 is 4.92 Å². The number of aromatic nitrogens is 3. The molecule has 0 saturated heterocycles. The Morgan fingerprint density at radius 1 is 1.00 bits per heavy atom. The number of fused-ring (bicyclic) bond motifs is 1. The second-order valence-electron chi connectivity index (χ2n) is 5.88. The largest absolute Gasteiger partial charge is 0.269 e. The first-order chi connectivity index (χ1) is 13.1.